The van der Waals surface area contributed by atoms with Crippen molar-refractivity contribution in [2.24, 2.45) is 0 Å². The van der Waals surface area contributed by atoms with Gasteiger partial charge in [0.15, 0.2) is 5.78 Å². The average molecular weight is 609 g/mol. The fraction of sp³-hybridized carbons (Fsp3) is 0.567. The third-order valence-corrected chi connectivity index (χ3v) is 9.35. The second-order valence-electron chi connectivity index (χ2n) is 11.2. The van der Waals surface area contributed by atoms with Gasteiger partial charge >= 0.3 is 0 Å². The molecule has 1 aromatic carbocycles. The molecule has 2 aliphatic rings. The van der Waals surface area contributed by atoms with Crippen LogP contribution in [0.2, 0.25) is 15.2 Å². The Labute approximate surface area is 253 Å². The summed E-state index contributed by atoms with van der Waals surface area (Å²) in [5.41, 5.74) is 1.23. The van der Waals surface area contributed by atoms with Crippen molar-refractivity contribution in [3.8, 4) is 0 Å². The van der Waals surface area contributed by atoms with Crippen molar-refractivity contribution in [1.82, 2.24) is 25.0 Å². The number of likely N-dealkylation sites (N-methyl/N-ethyl adjacent to an activating group) is 1. The van der Waals surface area contributed by atoms with Gasteiger partial charge < -0.3 is 15.1 Å². The molecule has 7 nitrogen and oxygen atoms in total. The lowest BCUT2D eigenvalue weighted by Gasteiger charge is -2.50. The molecular formula is C30H40Cl3N5O2. The normalized spacial score (nSPS) is 18.8. The summed E-state index contributed by atoms with van der Waals surface area (Å²) in [5.74, 6) is 0.350. The van der Waals surface area contributed by atoms with E-state index in [0.29, 0.717) is 27.3 Å². The van der Waals surface area contributed by atoms with Crippen LogP contribution in [0.5, 0.6) is 0 Å². The summed E-state index contributed by atoms with van der Waals surface area (Å²) in [6.07, 6.45) is 7.68. The van der Waals surface area contributed by atoms with E-state index >= 15 is 0 Å². The number of hydrogen-bond donors (Lipinski definition) is 1. The number of rotatable bonds is 11. The van der Waals surface area contributed by atoms with Crippen molar-refractivity contribution in [3.63, 3.8) is 0 Å². The summed E-state index contributed by atoms with van der Waals surface area (Å²) in [6.45, 7) is 5.52. The number of aromatic nitrogens is 1. The van der Waals surface area contributed by atoms with Gasteiger partial charge in [0, 0.05) is 45.5 Å². The average Bonchev–Trinajstić information content (AvgIpc) is 2.97. The summed E-state index contributed by atoms with van der Waals surface area (Å²) in [5, 5.41) is 4.76. The molecule has 40 heavy (non-hydrogen) atoms. The number of halogens is 3. The number of benzene rings is 1. The van der Waals surface area contributed by atoms with Crippen LogP contribution in [0.1, 0.15) is 60.4 Å². The fourth-order valence-corrected chi connectivity index (χ4v) is 6.46. The number of ketones is 1. The Morgan fingerprint density at radius 2 is 1.73 bits per heavy atom. The molecule has 4 rings (SSSR count). The molecule has 2 aromatic rings. The minimum absolute atomic E-state index is 0.0345. The lowest BCUT2D eigenvalue weighted by Crippen LogP contribution is -2.64. The number of Topliss-reactive ketones (excluding diaryl/α,β-unsaturated/α-hetero) is 1. The van der Waals surface area contributed by atoms with Crippen LogP contribution in [-0.2, 0) is 4.79 Å². The van der Waals surface area contributed by atoms with Crippen molar-refractivity contribution >= 4 is 46.5 Å². The molecule has 2 saturated heterocycles. The van der Waals surface area contributed by atoms with Crippen LogP contribution >= 0.6 is 34.8 Å². The minimum atomic E-state index is -0.387. The third kappa shape index (κ3) is 7.75. The maximum atomic E-state index is 13.4. The van der Waals surface area contributed by atoms with E-state index in [1.165, 1.54) is 25.5 Å². The first-order valence-electron chi connectivity index (χ1n) is 14.2. The summed E-state index contributed by atoms with van der Waals surface area (Å²) in [4.78, 5) is 36.8. The maximum Gasteiger partial charge on any atom is 0.242 e. The van der Waals surface area contributed by atoms with E-state index in [2.05, 4.69) is 20.1 Å². The molecule has 1 unspecified atom stereocenters. The van der Waals surface area contributed by atoms with Gasteiger partial charge in [-0.1, -0.05) is 47.3 Å². The molecule has 1 amide bonds. The molecule has 0 saturated carbocycles. The van der Waals surface area contributed by atoms with Crippen LogP contribution in [-0.4, -0.2) is 96.8 Å². The third-order valence-electron chi connectivity index (χ3n) is 8.38. The first-order valence-corrected chi connectivity index (χ1v) is 15.3. The van der Waals surface area contributed by atoms with Gasteiger partial charge in [-0.05, 0) is 87.5 Å². The van der Waals surface area contributed by atoms with Crippen LogP contribution in [0.15, 0.2) is 36.5 Å². The largest absolute Gasteiger partial charge is 0.347 e. The highest BCUT2D eigenvalue weighted by Crippen LogP contribution is 2.34. The van der Waals surface area contributed by atoms with Crippen LogP contribution in [0, 0.1) is 0 Å². The van der Waals surface area contributed by atoms with Gasteiger partial charge in [-0.2, -0.15) is 0 Å². The monoisotopic (exact) mass is 607 g/mol. The van der Waals surface area contributed by atoms with Crippen LogP contribution in [0.4, 0.5) is 0 Å². The lowest BCUT2D eigenvalue weighted by molar-refractivity contribution is -0.147. The highest BCUT2D eigenvalue weighted by Gasteiger charge is 2.47. The molecule has 2 fully saturated rings. The quantitative estimate of drug-likeness (QED) is 0.272. The smallest absolute Gasteiger partial charge is 0.242 e. The fourth-order valence-electron chi connectivity index (χ4n) is 6.04. The second kappa shape index (κ2) is 14.4. The number of piperidine rings is 2. The van der Waals surface area contributed by atoms with Gasteiger partial charge in [0.1, 0.15) is 10.7 Å². The number of carbonyl (C=O) groups excluding carboxylic acids is 2. The number of pyridine rings is 1. The lowest BCUT2D eigenvalue weighted by atomic mass is 9.82. The summed E-state index contributed by atoms with van der Waals surface area (Å²) in [6, 6.07) is 9.08. The zero-order valence-electron chi connectivity index (χ0n) is 23.5. The molecule has 0 spiro atoms. The molecule has 0 radical (unpaired) electrons. The highest BCUT2D eigenvalue weighted by molar-refractivity contribution is 6.42. The Bertz CT molecular complexity index is 1150. The molecule has 2 aliphatic heterocycles. The number of hydrogen-bond acceptors (Lipinski definition) is 6. The van der Waals surface area contributed by atoms with Crippen molar-refractivity contribution in [2.75, 3.05) is 59.9 Å². The molecule has 0 bridgehead atoms. The van der Waals surface area contributed by atoms with E-state index in [0.717, 1.165) is 57.5 Å². The number of amides is 1. The summed E-state index contributed by atoms with van der Waals surface area (Å²) in [7, 11) is 3.76. The predicted octanol–water partition coefficient (Wildman–Crippen LogP) is 5.40. The van der Waals surface area contributed by atoms with E-state index in [9.17, 15) is 9.59 Å². The number of nitrogens with one attached hydrogen (secondary N) is 1. The Morgan fingerprint density at radius 1 is 1.00 bits per heavy atom. The van der Waals surface area contributed by atoms with Crippen LogP contribution < -0.4 is 5.32 Å². The number of carbonyl (C=O) groups is 2. The molecule has 218 valence electrons. The molecule has 1 atom stereocenters. The van der Waals surface area contributed by atoms with Gasteiger partial charge in [0.25, 0.3) is 0 Å². The molecule has 1 aromatic heterocycles. The Kier molecular flexibility index (Phi) is 11.3. The molecular weight excluding hydrogens is 569 g/mol. The van der Waals surface area contributed by atoms with E-state index in [-0.39, 0.29) is 29.7 Å². The SMILES string of the molecule is CN(C)C(=O)C1(N2CCCCC2)CCN(CCC(CNCC(=O)c2ccc(Cl)nc2)c2ccc(Cl)c(Cl)c2)CC1. The Morgan fingerprint density at radius 3 is 2.35 bits per heavy atom. The van der Waals surface area contributed by atoms with E-state index in [4.69, 9.17) is 34.8 Å². The minimum Gasteiger partial charge on any atom is -0.347 e. The molecule has 1 N–H and O–H groups in total. The predicted molar refractivity (Wildman–Crippen MR) is 163 cm³/mol. The zero-order valence-corrected chi connectivity index (χ0v) is 25.7. The molecule has 3 heterocycles. The standard InChI is InChI=1S/C30H40Cl3N5O2/c1-36(2)29(40)30(38-13-4-3-5-14-38)11-16-37(17-12-30)15-10-23(22-6-8-25(31)26(32)18-22)19-34-21-27(39)24-7-9-28(33)35-20-24/h6-9,18,20,23,34H,3-5,10-17,19,21H2,1-2H3. The summed E-state index contributed by atoms with van der Waals surface area (Å²) >= 11 is 18.4. The van der Waals surface area contributed by atoms with E-state index in [1.54, 1.807) is 17.0 Å². The zero-order chi connectivity index (χ0) is 28.7. The maximum absolute atomic E-state index is 13.4. The van der Waals surface area contributed by atoms with Gasteiger partial charge in [-0.25, -0.2) is 4.98 Å². The van der Waals surface area contributed by atoms with E-state index in [1.807, 2.05) is 32.3 Å². The van der Waals surface area contributed by atoms with Crippen LogP contribution in [0.3, 0.4) is 0 Å². The van der Waals surface area contributed by atoms with Crippen molar-refractivity contribution < 1.29 is 9.59 Å². The topological polar surface area (TPSA) is 68.8 Å². The van der Waals surface area contributed by atoms with Gasteiger partial charge in [-0.3, -0.25) is 14.5 Å². The van der Waals surface area contributed by atoms with E-state index < -0.39 is 0 Å². The van der Waals surface area contributed by atoms with Crippen molar-refractivity contribution in [1.29, 1.82) is 0 Å². The second-order valence-corrected chi connectivity index (χ2v) is 12.4. The van der Waals surface area contributed by atoms with Crippen molar-refractivity contribution in [3.05, 3.63) is 62.9 Å². The summed E-state index contributed by atoms with van der Waals surface area (Å²) < 4.78 is 0. The van der Waals surface area contributed by atoms with Crippen LogP contribution in [0.25, 0.3) is 0 Å². The Hall–Kier alpha value is -1.74. The van der Waals surface area contributed by atoms with Gasteiger partial charge in [-0.15, -0.1) is 0 Å². The number of nitrogens with zero attached hydrogens (tertiary/aromatic N) is 4. The first kappa shape index (κ1) is 31.2. The first-order chi connectivity index (χ1) is 19.2. The Balaban J connectivity index is 1.38. The molecule has 10 heteroatoms. The molecule has 0 aliphatic carbocycles. The highest BCUT2D eigenvalue weighted by atomic mass is 35.5. The van der Waals surface area contributed by atoms with Crippen molar-refractivity contribution in [2.45, 2.75) is 50.0 Å². The van der Waals surface area contributed by atoms with Gasteiger partial charge in [0.05, 0.1) is 16.6 Å². The van der Waals surface area contributed by atoms with Gasteiger partial charge in [0.2, 0.25) is 5.91 Å². The number of likely N-dealkylation sites (tertiary alicyclic amines) is 2.